The summed E-state index contributed by atoms with van der Waals surface area (Å²) in [5, 5.41) is 9.65. The van der Waals surface area contributed by atoms with Gasteiger partial charge in [-0.3, -0.25) is 0 Å². The molecule has 0 aromatic heterocycles. The van der Waals surface area contributed by atoms with Gasteiger partial charge in [-0.25, -0.2) is 0 Å². The second kappa shape index (κ2) is 5.38. The molecule has 0 unspecified atom stereocenters. The molecule has 17 heavy (non-hydrogen) atoms. The smallest absolute Gasteiger partial charge is 0.127 e. The molecule has 0 heterocycles. The highest BCUT2D eigenvalue weighted by Crippen LogP contribution is 2.29. The molecule has 1 atom stereocenters. The number of hydrogen-bond donors (Lipinski definition) is 2. The van der Waals surface area contributed by atoms with Crippen LogP contribution in [0.2, 0.25) is 0 Å². The lowest BCUT2D eigenvalue weighted by Crippen LogP contribution is -2.28. The summed E-state index contributed by atoms with van der Waals surface area (Å²) in [6, 6.07) is 5.38. The van der Waals surface area contributed by atoms with Gasteiger partial charge in [0.05, 0.1) is 12.7 Å². The van der Waals surface area contributed by atoms with E-state index in [4.69, 9.17) is 15.2 Å². The molecule has 0 radical (unpaired) electrons. The van der Waals surface area contributed by atoms with E-state index in [1.165, 1.54) is 0 Å². The summed E-state index contributed by atoms with van der Waals surface area (Å²) in [6.07, 6.45) is 0. The lowest BCUT2D eigenvalue weighted by molar-refractivity contribution is 0.0280. The van der Waals surface area contributed by atoms with Crippen molar-refractivity contribution in [3.63, 3.8) is 0 Å². The van der Waals surface area contributed by atoms with Crippen LogP contribution in [0.25, 0.3) is 0 Å². The Balaban J connectivity index is 2.93. The highest BCUT2D eigenvalue weighted by atomic mass is 16.5. The van der Waals surface area contributed by atoms with Crippen LogP contribution in [-0.4, -0.2) is 24.4 Å². The lowest BCUT2D eigenvalue weighted by Gasteiger charge is -2.21. The number of hydrogen-bond acceptors (Lipinski definition) is 4. The molecule has 0 fully saturated rings. The fourth-order valence-corrected chi connectivity index (χ4v) is 1.40. The van der Waals surface area contributed by atoms with Gasteiger partial charge in [0.2, 0.25) is 0 Å². The van der Waals surface area contributed by atoms with Crippen LogP contribution in [0.5, 0.6) is 11.5 Å². The summed E-state index contributed by atoms with van der Waals surface area (Å²) < 4.78 is 10.7. The molecule has 3 N–H and O–H groups in total. The first-order valence-electron chi connectivity index (χ1n) is 5.62. The molecule has 4 heteroatoms. The average molecular weight is 239 g/mol. The fourth-order valence-electron chi connectivity index (χ4n) is 1.40. The van der Waals surface area contributed by atoms with Crippen molar-refractivity contribution in [1.29, 1.82) is 0 Å². The summed E-state index contributed by atoms with van der Waals surface area (Å²) in [6.45, 7) is 5.48. The third-order valence-electron chi connectivity index (χ3n) is 2.29. The van der Waals surface area contributed by atoms with Crippen molar-refractivity contribution in [2.45, 2.75) is 32.4 Å². The number of aliphatic hydroxyl groups is 1. The lowest BCUT2D eigenvalue weighted by atomic mass is 10.1. The summed E-state index contributed by atoms with van der Waals surface area (Å²) in [5.74, 6) is 1.36. The number of nitrogens with two attached hydrogens (primary N) is 1. The highest BCUT2D eigenvalue weighted by Gasteiger charge is 2.16. The van der Waals surface area contributed by atoms with E-state index in [0.717, 1.165) is 5.56 Å². The van der Waals surface area contributed by atoms with Crippen molar-refractivity contribution >= 4 is 0 Å². The van der Waals surface area contributed by atoms with Crippen LogP contribution in [0, 0.1) is 0 Å². The molecule has 4 nitrogen and oxygen atoms in total. The van der Waals surface area contributed by atoms with Crippen LogP contribution in [-0.2, 0) is 0 Å². The molecular formula is C13H21NO3. The number of rotatable bonds is 5. The van der Waals surface area contributed by atoms with E-state index in [1.807, 2.05) is 19.1 Å². The molecule has 1 aromatic carbocycles. The SMILES string of the molecule is COc1ccc([C@H](C)N)c(OCC(C)(C)O)c1. The van der Waals surface area contributed by atoms with Gasteiger partial charge < -0.3 is 20.3 Å². The van der Waals surface area contributed by atoms with Crippen LogP contribution in [0.4, 0.5) is 0 Å². The molecule has 0 aliphatic carbocycles. The second-order valence-corrected chi connectivity index (χ2v) is 4.79. The van der Waals surface area contributed by atoms with E-state index in [9.17, 15) is 5.11 Å². The first-order valence-corrected chi connectivity index (χ1v) is 5.62. The van der Waals surface area contributed by atoms with Crippen LogP contribution in [0.15, 0.2) is 18.2 Å². The number of benzene rings is 1. The highest BCUT2D eigenvalue weighted by molar-refractivity contribution is 5.42. The minimum Gasteiger partial charge on any atom is -0.497 e. The van der Waals surface area contributed by atoms with Gasteiger partial charge in [-0.15, -0.1) is 0 Å². The summed E-state index contributed by atoms with van der Waals surface area (Å²) in [5.41, 5.74) is 5.88. The second-order valence-electron chi connectivity index (χ2n) is 4.79. The maximum absolute atomic E-state index is 9.65. The molecule has 0 spiro atoms. The van der Waals surface area contributed by atoms with Gasteiger partial charge in [0.1, 0.15) is 18.1 Å². The minimum atomic E-state index is -0.877. The van der Waals surface area contributed by atoms with E-state index < -0.39 is 5.60 Å². The monoisotopic (exact) mass is 239 g/mol. The molecular weight excluding hydrogens is 218 g/mol. The Morgan fingerprint density at radius 3 is 2.53 bits per heavy atom. The first-order chi connectivity index (χ1) is 7.83. The topological polar surface area (TPSA) is 64.7 Å². The summed E-state index contributed by atoms with van der Waals surface area (Å²) in [4.78, 5) is 0. The van der Waals surface area contributed by atoms with Crippen LogP contribution in [0.1, 0.15) is 32.4 Å². The molecule has 0 aliphatic heterocycles. The number of ether oxygens (including phenoxy) is 2. The quantitative estimate of drug-likeness (QED) is 0.823. The Hall–Kier alpha value is -1.26. The number of methoxy groups -OCH3 is 1. The molecule has 0 amide bonds. The maximum atomic E-state index is 9.65. The largest absolute Gasteiger partial charge is 0.497 e. The van der Waals surface area contributed by atoms with Crippen molar-refractivity contribution in [1.82, 2.24) is 0 Å². The molecule has 0 bridgehead atoms. The predicted octanol–water partition coefficient (Wildman–Crippen LogP) is 1.86. The van der Waals surface area contributed by atoms with Crippen molar-refractivity contribution < 1.29 is 14.6 Å². The van der Waals surface area contributed by atoms with Gasteiger partial charge in [-0.05, 0) is 26.8 Å². The molecule has 0 aliphatic rings. The summed E-state index contributed by atoms with van der Waals surface area (Å²) in [7, 11) is 1.60. The Labute approximate surface area is 102 Å². The van der Waals surface area contributed by atoms with Gasteiger partial charge in [0.15, 0.2) is 0 Å². The van der Waals surface area contributed by atoms with Crippen molar-refractivity contribution in [2.24, 2.45) is 5.73 Å². The van der Waals surface area contributed by atoms with E-state index in [-0.39, 0.29) is 12.6 Å². The maximum Gasteiger partial charge on any atom is 0.127 e. The fraction of sp³-hybridized carbons (Fsp3) is 0.538. The zero-order valence-electron chi connectivity index (χ0n) is 10.9. The van der Waals surface area contributed by atoms with E-state index in [1.54, 1.807) is 27.0 Å². The Morgan fingerprint density at radius 1 is 1.41 bits per heavy atom. The molecule has 1 aromatic rings. The van der Waals surface area contributed by atoms with E-state index in [0.29, 0.717) is 11.5 Å². The molecule has 0 saturated carbocycles. The van der Waals surface area contributed by atoms with Gasteiger partial charge in [-0.1, -0.05) is 6.07 Å². The van der Waals surface area contributed by atoms with Crippen molar-refractivity contribution in [3.8, 4) is 11.5 Å². The van der Waals surface area contributed by atoms with Gasteiger partial charge in [-0.2, -0.15) is 0 Å². The standard InChI is InChI=1S/C13H21NO3/c1-9(14)11-6-5-10(16-4)7-12(11)17-8-13(2,3)15/h5-7,9,15H,8,14H2,1-4H3/t9-/m0/s1. The van der Waals surface area contributed by atoms with Crippen molar-refractivity contribution in [2.75, 3.05) is 13.7 Å². The molecule has 96 valence electrons. The van der Waals surface area contributed by atoms with Crippen LogP contribution >= 0.6 is 0 Å². The van der Waals surface area contributed by atoms with Crippen LogP contribution in [0.3, 0.4) is 0 Å². The average Bonchev–Trinajstić information content (AvgIpc) is 2.24. The first kappa shape index (κ1) is 13.8. The van der Waals surface area contributed by atoms with Gasteiger partial charge >= 0.3 is 0 Å². The van der Waals surface area contributed by atoms with E-state index in [2.05, 4.69) is 0 Å². The van der Waals surface area contributed by atoms with Crippen molar-refractivity contribution in [3.05, 3.63) is 23.8 Å². The molecule has 1 rings (SSSR count). The van der Waals surface area contributed by atoms with Crippen LogP contribution < -0.4 is 15.2 Å². The normalized spacial score (nSPS) is 13.3. The zero-order valence-corrected chi connectivity index (χ0v) is 10.9. The Bertz CT molecular complexity index is 369. The third kappa shape index (κ3) is 4.24. The van der Waals surface area contributed by atoms with Gasteiger partial charge in [0.25, 0.3) is 0 Å². The Kier molecular flexibility index (Phi) is 4.37. The predicted molar refractivity (Wildman–Crippen MR) is 67.4 cm³/mol. The zero-order chi connectivity index (χ0) is 13.1. The van der Waals surface area contributed by atoms with Gasteiger partial charge in [0, 0.05) is 17.7 Å². The third-order valence-corrected chi connectivity index (χ3v) is 2.29. The minimum absolute atomic E-state index is 0.127. The molecule has 0 saturated heterocycles. The summed E-state index contributed by atoms with van der Waals surface area (Å²) >= 11 is 0. The van der Waals surface area contributed by atoms with E-state index >= 15 is 0 Å². The Morgan fingerprint density at radius 2 is 2.06 bits per heavy atom.